The Morgan fingerprint density at radius 2 is 2.09 bits per heavy atom. The van der Waals surface area contributed by atoms with Gasteiger partial charge < -0.3 is 10.1 Å². The number of hydrogen-bond acceptors (Lipinski definition) is 8. The zero-order chi connectivity index (χ0) is 23.1. The predicted octanol–water partition coefficient (Wildman–Crippen LogP) is 3.59. The first-order valence-corrected chi connectivity index (χ1v) is 12.0. The van der Waals surface area contributed by atoms with E-state index in [4.69, 9.17) is 16.3 Å². The van der Waals surface area contributed by atoms with Gasteiger partial charge in [-0.05, 0) is 43.2 Å². The summed E-state index contributed by atoms with van der Waals surface area (Å²) in [6.07, 6.45) is 0.943. The molecule has 0 bridgehead atoms. The van der Waals surface area contributed by atoms with Crippen molar-refractivity contribution in [2.45, 2.75) is 33.0 Å². The number of piperazine rings is 1. The van der Waals surface area contributed by atoms with Crippen LogP contribution in [0.5, 0.6) is 0 Å². The van der Waals surface area contributed by atoms with Crippen LogP contribution in [0.4, 0.5) is 4.79 Å². The lowest BCUT2D eigenvalue weighted by atomic mass is 9.97. The molecular formula is C23H24ClN5O3S. The minimum atomic E-state index is -0.610. The first-order chi connectivity index (χ1) is 15.9. The molecule has 4 heterocycles. The van der Waals surface area contributed by atoms with Crippen LogP contribution in [0.3, 0.4) is 0 Å². The van der Waals surface area contributed by atoms with Crippen LogP contribution in [-0.2, 0) is 22.6 Å². The Balaban J connectivity index is 1.55. The Morgan fingerprint density at radius 1 is 1.24 bits per heavy atom. The van der Waals surface area contributed by atoms with Gasteiger partial charge in [0.2, 0.25) is 0 Å². The molecule has 0 spiro atoms. The number of imide groups is 1. The van der Waals surface area contributed by atoms with Gasteiger partial charge in [-0.15, -0.1) is 11.3 Å². The highest BCUT2D eigenvalue weighted by Crippen LogP contribution is 2.37. The quantitative estimate of drug-likeness (QED) is 0.590. The van der Waals surface area contributed by atoms with Crippen LogP contribution in [0.1, 0.15) is 22.9 Å². The number of ether oxygens (including phenoxy) is 1. The molecule has 2 saturated heterocycles. The monoisotopic (exact) mass is 485 g/mol. The molecule has 0 aliphatic carbocycles. The van der Waals surface area contributed by atoms with Gasteiger partial charge in [0.25, 0.3) is 5.91 Å². The molecule has 1 unspecified atom stereocenters. The second kappa shape index (κ2) is 8.98. The van der Waals surface area contributed by atoms with E-state index >= 15 is 0 Å². The Kier molecular flexibility index (Phi) is 6.05. The molecule has 0 radical (unpaired) electrons. The predicted molar refractivity (Wildman–Crippen MR) is 127 cm³/mol. The lowest BCUT2D eigenvalue weighted by Gasteiger charge is -2.34. The van der Waals surface area contributed by atoms with Crippen molar-refractivity contribution in [1.82, 2.24) is 25.1 Å². The number of thiophene rings is 1. The highest BCUT2D eigenvalue weighted by molar-refractivity contribution is 7.19. The fourth-order valence-electron chi connectivity index (χ4n) is 4.38. The first kappa shape index (κ1) is 22.2. The van der Waals surface area contributed by atoms with Crippen LogP contribution in [0.15, 0.2) is 24.5 Å². The largest absolute Gasteiger partial charge is 0.439 e. The summed E-state index contributed by atoms with van der Waals surface area (Å²) in [6, 6.07) is 6.30. The van der Waals surface area contributed by atoms with Crippen molar-refractivity contribution in [1.29, 1.82) is 0 Å². The molecular weight excluding hydrogens is 462 g/mol. The Bertz CT molecular complexity index is 1230. The molecule has 172 valence electrons. The van der Waals surface area contributed by atoms with Gasteiger partial charge in [0.1, 0.15) is 6.33 Å². The Hall–Kier alpha value is -2.59. The van der Waals surface area contributed by atoms with E-state index in [0.717, 1.165) is 63.0 Å². The summed E-state index contributed by atoms with van der Waals surface area (Å²) in [5.41, 5.74) is 4.90. The molecule has 2 aliphatic heterocycles. The van der Waals surface area contributed by atoms with Crippen LogP contribution in [0.2, 0.25) is 5.02 Å². The van der Waals surface area contributed by atoms with Gasteiger partial charge in [0.05, 0.1) is 22.5 Å². The summed E-state index contributed by atoms with van der Waals surface area (Å²) in [7, 11) is 0. The van der Waals surface area contributed by atoms with E-state index in [9.17, 15) is 9.59 Å². The molecule has 33 heavy (non-hydrogen) atoms. The van der Waals surface area contributed by atoms with Gasteiger partial charge >= 0.3 is 6.09 Å². The fraction of sp³-hybridized carbons (Fsp3) is 0.391. The molecule has 10 heteroatoms. The number of aryl methyl sites for hydroxylation is 1. The fourth-order valence-corrected chi connectivity index (χ4v) is 5.75. The molecule has 1 atom stereocenters. The van der Waals surface area contributed by atoms with Crippen molar-refractivity contribution in [3.8, 4) is 11.3 Å². The summed E-state index contributed by atoms with van der Waals surface area (Å²) in [4.78, 5) is 37.3. The topological polar surface area (TPSA) is 87.7 Å². The summed E-state index contributed by atoms with van der Waals surface area (Å²) >= 11 is 7.97. The van der Waals surface area contributed by atoms with Gasteiger partial charge in [-0.1, -0.05) is 11.6 Å². The number of fused-ring (bicyclic) bond motifs is 1. The SMILES string of the molecule is Cc1cc(Cl)cc(-c2ncnc3cc(CN4C(=O)COC4=O)sc23)c1CN1CCNCC1C. The van der Waals surface area contributed by atoms with E-state index in [0.29, 0.717) is 11.1 Å². The lowest BCUT2D eigenvalue weighted by Crippen LogP contribution is -2.49. The molecule has 2 aliphatic rings. The van der Waals surface area contributed by atoms with Gasteiger partial charge in [-0.3, -0.25) is 9.69 Å². The molecule has 5 rings (SSSR count). The average Bonchev–Trinajstić information content (AvgIpc) is 3.34. The molecule has 1 aromatic carbocycles. The van der Waals surface area contributed by atoms with Gasteiger partial charge in [0, 0.05) is 47.7 Å². The lowest BCUT2D eigenvalue weighted by molar-refractivity contribution is -0.126. The maximum atomic E-state index is 12.0. The summed E-state index contributed by atoms with van der Waals surface area (Å²) in [5.74, 6) is -0.332. The zero-order valence-corrected chi connectivity index (χ0v) is 20.0. The van der Waals surface area contributed by atoms with Crippen molar-refractivity contribution in [3.63, 3.8) is 0 Å². The van der Waals surface area contributed by atoms with Crippen molar-refractivity contribution in [2.24, 2.45) is 0 Å². The number of benzene rings is 1. The van der Waals surface area contributed by atoms with Gasteiger partial charge in [0.15, 0.2) is 6.61 Å². The molecule has 2 aromatic heterocycles. The summed E-state index contributed by atoms with van der Waals surface area (Å²) in [6.45, 7) is 7.99. The van der Waals surface area contributed by atoms with E-state index in [1.807, 2.05) is 18.2 Å². The molecule has 3 aromatic rings. The Morgan fingerprint density at radius 3 is 2.85 bits per heavy atom. The molecule has 0 saturated carbocycles. The van der Waals surface area contributed by atoms with Crippen LogP contribution >= 0.6 is 22.9 Å². The number of aromatic nitrogens is 2. The number of hydrogen-bond donors (Lipinski definition) is 1. The maximum Gasteiger partial charge on any atom is 0.417 e. The standard InChI is InChI=1S/C23H24ClN5O3S/c1-13-5-15(24)6-17(18(13)10-28-4-3-25-8-14(28)2)21-22-19(26-12-27-21)7-16(33-22)9-29-20(30)11-32-23(29)31/h5-7,12,14,25H,3-4,8-11H2,1-2H3. The molecule has 2 fully saturated rings. The van der Waals surface area contributed by atoms with Crippen LogP contribution in [0, 0.1) is 6.92 Å². The molecule has 2 amide bonds. The van der Waals surface area contributed by atoms with Gasteiger partial charge in [-0.2, -0.15) is 0 Å². The highest BCUT2D eigenvalue weighted by Gasteiger charge is 2.31. The number of cyclic esters (lactones) is 1. The van der Waals surface area contributed by atoms with Crippen molar-refractivity contribution in [3.05, 3.63) is 45.6 Å². The number of carbonyl (C=O) groups excluding carboxylic acids is 2. The second-order valence-electron chi connectivity index (χ2n) is 8.46. The van der Waals surface area contributed by atoms with E-state index in [1.165, 1.54) is 16.9 Å². The number of halogens is 1. The zero-order valence-electron chi connectivity index (χ0n) is 18.4. The van der Waals surface area contributed by atoms with Gasteiger partial charge in [-0.25, -0.2) is 19.7 Å². The minimum Gasteiger partial charge on any atom is -0.439 e. The number of carbonyl (C=O) groups is 2. The maximum absolute atomic E-state index is 12.0. The van der Waals surface area contributed by atoms with Crippen LogP contribution in [0.25, 0.3) is 21.5 Å². The Labute approximate surface area is 200 Å². The van der Waals surface area contributed by atoms with Crippen LogP contribution in [-0.4, -0.2) is 64.1 Å². The highest BCUT2D eigenvalue weighted by atomic mass is 35.5. The normalized spacial score (nSPS) is 19.5. The second-order valence-corrected chi connectivity index (χ2v) is 10.0. The number of amides is 2. The summed E-state index contributed by atoms with van der Waals surface area (Å²) < 4.78 is 5.74. The van der Waals surface area contributed by atoms with Crippen LogP contribution < -0.4 is 5.32 Å². The smallest absolute Gasteiger partial charge is 0.417 e. The summed E-state index contributed by atoms with van der Waals surface area (Å²) in [5, 5.41) is 4.10. The third-order valence-electron chi connectivity index (χ3n) is 6.21. The number of rotatable bonds is 5. The molecule has 1 N–H and O–H groups in total. The third-order valence-corrected chi connectivity index (χ3v) is 7.54. The van der Waals surface area contributed by atoms with E-state index in [-0.39, 0.29) is 19.1 Å². The van der Waals surface area contributed by atoms with Crippen molar-refractivity contribution < 1.29 is 14.3 Å². The van der Waals surface area contributed by atoms with E-state index in [2.05, 4.69) is 34.0 Å². The average molecular weight is 486 g/mol. The number of nitrogens with zero attached hydrogens (tertiary/aromatic N) is 4. The van der Waals surface area contributed by atoms with Crippen molar-refractivity contribution >= 4 is 45.2 Å². The minimum absolute atomic E-state index is 0.165. The molecule has 8 nitrogen and oxygen atoms in total. The van der Waals surface area contributed by atoms with Crippen molar-refractivity contribution in [2.75, 3.05) is 26.2 Å². The first-order valence-electron chi connectivity index (χ1n) is 10.9. The van der Waals surface area contributed by atoms with E-state index in [1.54, 1.807) is 6.33 Å². The number of nitrogens with one attached hydrogen (secondary N) is 1. The third kappa shape index (κ3) is 4.33. The van der Waals surface area contributed by atoms with E-state index < -0.39 is 6.09 Å².